The molecule has 0 saturated carbocycles. The topological polar surface area (TPSA) is 43.6 Å². The van der Waals surface area contributed by atoms with E-state index in [0.717, 1.165) is 28.0 Å². The zero-order valence-electron chi connectivity index (χ0n) is 14.7. The van der Waals surface area contributed by atoms with Crippen molar-refractivity contribution in [2.24, 2.45) is 0 Å². The summed E-state index contributed by atoms with van der Waals surface area (Å²) in [7, 11) is 0. The number of aromatic nitrogens is 4. The van der Waals surface area contributed by atoms with E-state index in [2.05, 4.69) is 46.4 Å². The Morgan fingerprint density at radius 2 is 1.85 bits per heavy atom. The number of hydrogen-bond donors (Lipinski definition) is 0. The van der Waals surface area contributed by atoms with E-state index in [1.54, 1.807) is 24.2 Å². The highest BCUT2D eigenvalue weighted by atomic mass is 35.5. The average molecular weight is 393 g/mol. The number of halogens is 1. The smallest absolute Gasteiger partial charge is 0.196 e. The lowest BCUT2D eigenvalue weighted by Crippen LogP contribution is -2.00. The Balaban J connectivity index is 1.73. The minimum atomic E-state index is 0.674. The Hall–Kier alpha value is -2.63. The fourth-order valence-electron chi connectivity index (χ4n) is 2.73. The van der Waals surface area contributed by atoms with Crippen LogP contribution in [0, 0.1) is 6.92 Å². The molecule has 0 unspecified atom stereocenters. The highest BCUT2D eigenvalue weighted by Crippen LogP contribution is 2.30. The summed E-state index contributed by atoms with van der Waals surface area (Å²) in [6.45, 7) is 2.09. The molecular formula is C21H17ClN4S. The predicted molar refractivity (Wildman–Crippen MR) is 110 cm³/mol. The lowest BCUT2D eigenvalue weighted by Gasteiger charge is -2.10. The highest BCUT2D eigenvalue weighted by Gasteiger charge is 2.16. The van der Waals surface area contributed by atoms with Crippen molar-refractivity contribution in [3.63, 3.8) is 0 Å². The van der Waals surface area contributed by atoms with Crippen molar-refractivity contribution >= 4 is 23.4 Å². The van der Waals surface area contributed by atoms with Crippen LogP contribution in [0.3, 0.4) is 0 Å². The summed E-state index contributed by atoms with van der Waals surface area (Å²) < 4.78 is 2.03. The van der Waals surface area contributed by atoms with Gasteiger partial charge in [0.05, 0.1) is 5.69 Å². The van der Waals surface area contributed by atoms with Crippen molar-refractivity contribution in [3.8, 4) is 17.1 Å². The SMILES string of the molecule is Cc1ccc(CSc2nnc(-c3cccnc3)n2-c2cccc(Cl)c2)cc1. The van der Waals surface area contributed by atoms with Gasteiger partial charge in [0.15, 0.2) is 11.0 Å². The molecule has 4 aromatic rings. The molecule has 2 aromatic carbocycles. The largest absolute Gasteiger partial charge is 0.270 e. The van der Waals surface area contributed by atoms with Gasteiger partial charge in [-0.25, -0.2) is 0 Å². The van der Waals surface area contributed by atoms with E-state index in [0.29, 0.717) is 5.02 Å². The number of thioether (sulfide) groups is 1. The molecule has 0 amide bonds. The maximum Gasteiger partial charge on any atom is 0.196 e. The standard InChI is InChI=1S/C21H17ClN4S/c1-15-7-9-16(10-8-15)14-27-21-25-24-20(17-4-3-11-23-13-17)26(21)19-6-2-5-18(22)12-19/h2-13H,14H2,1H3. The Kier molecular flexibility index (Phi) is 5.23. The first-order valence-electron chi connectivity index (χ1n) is 8.51. The Bertz CT molecular complexity index is 1050. The molecule has 6 heteroatoms. The first-order chi connectivity index (χ1) is 13.2. The van der Waals surface area contributed by atoms with E-state index in [-0.39, 0.29) is 0 Å². The molecule has 0 aliphatic rings. The van der Waals surface area contributed by atoms with Crippen LogP contribution in [0.4, 0.5) is 0 Å². The van der Waals surface area contributed by atoms with Gasteiger partial charge in [-0.3, -0.25) is 9.55 Å². The number of nitrogens with zero attached hydrogens (tertiary/aromatic N) is 4. The van der Waals surface area contributed by atoms with Gasteiger partial charge in [-0.05, 0) is 42.8 Å². The van der Waals surface area contributed by atoms with E-state index >= 15 is 0 Å². The van der Waals surface area contributed by atoms with E-state index in [1.165, 1.54) is 11.1 Å². The minimum Gasteiger partial charge on any atom is -0.270 e. The third-order valence-electron chi connectivity index (χ3n) is 4.11. The molecule has 0 aliphatic carbocycles. The average Bonchev–Trinajstić information content (AvgIpc) is 3.12. The summed E-state index contributed by atoms with van der Waals surface area (Å²) in [5, 5.41) is 10.4. The number of hydrogen-bond acceptors (Lipinski definition) is 4. The van der Waals surface area contributed by atoms with Crippen LogP contribution in [0.25, 0.3) is 17.1 Å². The monoisotopic (exact) mass is 392 g/mol. The molecule has 0 N–H and O–H groups in total. The van der Waals surface area contributed by atoms with Crippen LogP contribution in [0.2, 0.25) is 5.02 Å². The fourth-order valence-corrected chi connectivity index (χ4v) is 3.82. The molecule has 0 spiro atoms. The molecule has 0 aliphatic heterocycles. The van der Waals surface area contributed by atoms with Crippen LogP contribution < -0.4 is 0 Å². The van der Waals surface area contributed by atoms with Crippen LogP contribution in [0.15, 0.2) is 78.2 Å². The Morgan fingerprint density at radius 3 is 2.59 bits per heavy atom. The van der Waals surface area contributed by atoms with Crippen molar-refractivity contribution < 1.29 is 0 Å². The molecule has 4 rings (SSSR count). The first-order valence-corrected chi connectivity index (χ1v) is 9.87. The summed E-state index contributed by atoms with van der Waals surface area (Å²) in [6.07, 6.45) is 3.54. The first kappa shape index (κ1) is 17.8. The van der Waals surface area contributed by atoms with Crippen molar-refractivity contribution in [2.75, 3.05) is 0 Å². The lowest BCUT2D eigenvalue weighted by molar-refractivity contribution is 0.886. The lowest BCUT2D eigenvalue weighted by atomic mass is 10.2. The molecule has 2 heterocycles. The van der Waals surface area contributed by atoms with Gasteiger partial charge in [0.1, 0.15) is 0 Å². The number of rotatable bonds is 5. The second-order valence-corrected chi connectivity index (χ2v) is 7.52. The Labute approximate surface area is 167 Å². The number of aryl methyl sites for hydroxylation is 1. The van der Waals surface area contributed by atoms with Gasteiger partial charge >= 0.3 is 0 Å². The molecule has 4 nitrogen and oxygen atoms in total. The third kappa shape index (κ3) is 4.04. The van der Waals surface area contributed by atoms with E-state index < -0.39 is 0 Å². The summed E-state index contributed by atoms with van der Waals surface area (Å²) in [4.78, 5) is 4.21. The van der Waals surface area contributed by atoms with Crippen LogP contribution in [-0.2, 0) is 5.75 Å². The van der Waals surface area contributed by atoms with Gasteiger partial charge in [0.2, 0.25) is 0 Å². The molecule has 0 atom stereocenters. The van der Waals surface area contributed by atoms with Gasteiger partial charge in [0.25, 0.3) is 0 Å². The fraction of sp³-hybridized carbons (Fsp3) is 0.0952. The van der Waals surface area contributed by atoms with Gasteiger partial charge in [0, 0.05) is 28.7 Å². The quantitative estimate of drug-likeness (QED) is 0.415. The number of pyridine rings is 1. The maximum absolute atomic E-state index is 6.23. The summed E-state index contributed by atoms with van der Waals surface area (Å²) in [5.74, 6) is 1.56. The van der Waals surface area contributed by atoms with E-state index in [4.69, 9.17) is 11.6 Å². The number of benzene rings is 2. The second-order valence-electron chi connectivity index (χ2n) is 6.14. The zero-order chi connectivity index (χ0) is 18.6. The predicted octanol–water partition coefficient (Wildman–Crippen LogP) is 5.58. The van der Waals surface area contributed by atoms with Gasteiger partial charge in [-0.1, -0.05) is 59.3 Å². The van der Waals surface area contributed by atoms with E-state index in [1.807, 2.05) is 41.0 Å². The van der Waals surface area contributed by atoms with Crippen molar-refractivity contribution in [3.05, 3.63) is 89.2 Å². The molecule has 134 valence electrons. The molecule has 0 radical (unpaired) electrons. The van der Waals surface area contributed by atoms with Crippen molar-refractivity contribution in [2.45, 2.75) is 17.8 Å². The third-order valence-corrected chi connectivity index (χ3v) is 5.34. The van der Waals surface area contributed by atoms with Crippen molar-refractivity contribution in [1.29, 1.82) is 0 Å². The summed E-state index contributed by atoms with van der Waals surface area (Å²) in [5.41, 5.74) is 4.34. The summed E-state index contributed by atoms with van der Waals surface area (Å²) >= 11 is 7.87. The summed E-state index contributed by atoms with van der Waals surface area (Å²) in [6, 6.07) is 20.1. The van der Waals surface area contributed by atoms with Gasteiger partial charge < -0.3 is 0 Å². The van der Waals surface area contributed by atoms with Crippen LogP contribution in [0.5, 0.6) is 0 Å². The molecule has 0 bridgehead atoms. The normalized spacial score (nSPS) is 10.9. The van der Waals surface area contributed by atoms with Gasteiger partial charge in [-0.2, -0.15) is 0 Å². The maximum atomic E-state index is 6.23. The van der Waals surface area contributed by atoms with Gasteiger partial charge in [-0.15, -0.1) is 10.2 Å². The van der Waals surface area contributed by atoms with Crippen LogP contribution >= 0.6 is 23.4 Å². The molecule has 0 saturated heterocycles. The molecule has 27 heavy (non-hydrogen) atoms. The molecule has 2 aromatic heterocycles. The van der Waals surface area contributed by atoms with E-state index in [9.17, 15) is 0 Å². The highest BCUT2D eigenvalue weighted by molar-refractivity contribution is 7.98. The van der Waals surface area contributed by atoms with Crippen LogP contribution in [-0.4, -0.2) is 19.7 Å². The second kappa shape index (κ2) is 7.94. The molecule has 0 fully saturated rings. The minimum absolute atomic E-state index is 0.674. The van der Waals surface area contributed by atoms with Crippen molar-refractivity contribution in [1.82, 2.24) is 19.7 Å². The Morgan fingerprint density at radius 1 is 1.00 bits per heavy atom. The zero-order valence-corrected chi connectivity index (χ0v) is 16.3. The molecular weight excluding hydrogens is 376 g/mol. The van der Waals surface area contributed by atoms with Crippen LogP contribution in [0.1, 0.15) is 11.1 Å².